The van der Waals surface area contributed by atoms with Crippen LogP contribution >= 0.6 is 0 Å². The van der Waals surface area contributed by atoms with Gasteiger partial charge in [0.2, 0.25) is 0 Å². The van der Waals surface area contributed by atoms with Crippen LogP contribution in [0.2, 0.25) is 0 Å². The number of ether oxygens (including phenoxy) is 1. The fourth-order valence-electron chi connectivity index (χ4n) is 1.14. The van der Waals surface area contributed by atoms with Gasteiger partial charge < -0.3 is 4.74 Å². The predicted molar refractivity (Wildman–Crippen MR) is 57.9 cm³/mol. The van der Waals surface area contributed by atoms with Crippen LogP contribution < -0.4 is 4.74 Å². The van der Waals surface area contributed by atoms with Gasteiger partial charge in [0.1, 0.15) is 5.75 Å². The normalized spacial score (nSPS) is 9.17. The molecule has 9 nitrogen and oxygen atoms in total. The molecule has 0 spiro atoms. The van der Waals surface area contributed by atoms with Gasteiger partial charge >= 0.3 is 5.97 Å². The van der Waals surface area contributed by atoms with Gasteiger partial charge in [0.05, 0.1) is 10.5 Å². The maximum absolute atomic E-state index is 11.4. The van der Waals surface area contributed by atoms with Crippen LogP contribution in [0.15, 0.2) is 23.3 Å². The highest BCUT2D eigenvalue weighted by Crippen LogP contribution is 2.25. The van der Waals surface area contributed by atoms with Crippen LogP contribution in [-0.4, -0.2) is 16.8 Å². The van der Waals surface area contributed by atoms with Gasteiger partial charge in [0, 0.05) is 24.0 Å². The Morgan fingerprint density at radius 3 is 2.67 bits per heavy atom. The number of benzene rings is 1. The Kier molecular flexibility index (Phi) is 3.95. The monoisotopic (exact) mass is 250 g/mol. The lowest BCUT2D eigenvalue weighted by Crippen LogP contribution is -2.07. The summed E-state index contributed by atoms with van der Waals surface area (Å²) in [6, 6.07) is 3.01. The number of carbonyl (C=O) groups excluding carboxylic acids is 2. The SMILES string of the molecule is CC(=O)Oc1ccc([N+](=O)[O-])cc1C(=O)N=[N+]=[N-]. The van der Waals surface area contributed by atoms with E-state index in [1.807, 2.05) is 0 Å². The molecule has 0 aliphatic rings. The zero-order chi connectivity index (χ0) is 13.7. The molecule has 0 saturated carbocycles. The van der Waals surface area contributed by atoms with Crippen LogP contribution in [0.3, 0.4) is 0 Å². The lowest BCUT2D eigenvalue weighted by Gasteiger charge is -2.05. The third-order valence-corrected chi connectivity index (χ3v) is 1.79. The number of nitro benzene ring substituents is 1. The van der Waals surface area contributed by atoms with E-state index in [2.05, 4.69) is 14.8 Å². The Morgan fingerprint density at radius 1 is 1.50 bits per heavy atom. The van der Waals surface area contributed by atoms with E-state index >= 15 is 0 Å². The van der Waals surface area contributed by atoms with E-state index in [4.69, 9.17) is 5.53 Å². The predicted octanol–water partition coefficient (Wildman–Crippen LogP) is 1.97. The molecule has 0 aromatic heterocycles. The number of azide groups is 1. The lowest BCUT2D eigenvalue weighted by molar-refractivity contribution is -0.384. The molecule has 0 fully saturated rings. The molecule has 0 aliphatic heterocycles. The summed E-state index contributed by atoms with van der Waals surface area (Å²) < 4.78 is 4.68. The number of hydrogen-bond acceptors (Lipinski definition) is 5. The molecule has 18 heavy (non-hydrogen) atoms. The highest BCUT2D eigenvalue weighted by atomic mass is 16.6. The summed E-state index contributed by atoms with van der Waals surface area (Å²) in [5, 5.41) is 13.3. The number of rotatable bonds is 3. The molecule has 0 saturated heterocycles. The molecule has 1 aromatic carbocycles. The standard InChI is InChI=1S/C9H6N4O5/c1-5(14)18-8-3-2-6(13(16)17)4-7(8)9(15)11-12-10/h2-4H,1H3. The molecule has 1 aromatic rings. The van der Waals surface area contributed by atoms with E-state index in [0.29, 0.717) is 0 Å². The number of esters is 1. The van der Waals surface area contributed by atoms with E-state index in [0.717, 1.165) is 25.1 Å². The van der Waals surface area contributed by atoms with Crippen molar-refractivity contribution >= 4 is 17.6 Å². The number of nitro groups is 1. The first-order valence-electron chi connectivity index (χ1n) is 4.52. The van der Waals surface area contributed by atoms with Crippen LogP contribution in [0, 0.1) is 10.1 Å². The van der Waals surface area contributed by atoms with Crippen LogP contribution in [0.5, 0.6) is 5.75 Å². The molecule has 1 amide bonds. The van der Waals surface area contributed by atoms with Crippen LogP contribution in [0.1, 0.15) is 17.3 Å². The Bertz CT molecular complexity index is 576. The van der Waals surface area contributed by atoms with Gasteiger partial charge in [-0.2, -0.15) is 0 Å². The van der Waals surface area contributed by atoms with E-state index in [9.17, 15) is 19.7 Å². The molecule has 9 heteroatoms. The van der Waals surface area contributed by atoms with Crippen molar-refractivity contribution in [2.45, 2.75) is 6.92 Å². The van der Waals surface area contributed by atoms with Gasteiger partial charge in [-0.3, -0.25) is 19.7 Å². The smallest absolute Gasteiger partial charge is 0.308 e. The van der Waals surface area contributed by atoms with Gasteiger partial charge in [0.15, 0.2) is 0 Å². The molecular formula is C9H6N4O5. The molecule has 0 bridgehead atoms. The number of carbonyl (C=O) groups is 2. The Balaban J connectivity index is 3.34. The van der Waals surface area contributed by atoms with Crippen LogP contribution in [-0.2, 0) is 4.79 Å². The summed E-state index contributed by atoms with van der Waals surface area (Å²) in [5.74, 6) is -1.98. The van der Waals surface area contributed by atoms with Crippen molar-refractivity contribution in [3.05, 3.63) is 44.3 Å². The van der Waals surface area contributed by atoms with Crippen molar-refractivity contribution in [3.63, 3.8) is 0 Å². The maximum atomic E-state index is 11.4. The summed E-state index contributed by atoms with van der Waals surface area (Å²) >= 11 is 0. The van der Waals surface area contributed by atoms with E-state index < -0.39 is 16.8 Å². The van der Waals surface area contributed by atoms with Crippen molar-refractivity contribution in [3.8, 4) is 5.75 Å². The number of hydrogen-bond donors (Lipinski definition) is 0. The Morgan fingerprint density at radius 2 is 2.17 bits per heavy atom. The first kappa shape index (κ1) is 13.1. The van der Waals surface area contributed by atoms with E-state index in [1.54, 1.807) is 0 Å². The van der Waals surface area contributed by atoms with Crippen molar-refractivity contribution in [2.75, 3.05) is 0 Å². The highest BCUT2D eigenvalue weighted by molar-refractivity contribution is 5.98. The van der Waals surface area contributed by atoms with Gasteiger partial charge in [-0.05, 0) is 16.7 Å². The Labute approximate surface area is 99.7 Å². The van der Waals surface area contributed by atoms with Crippen LogP contribution in [0.4, 0.5) is 5.69 Å². The van der Waals surface area contributed by atoms with Crippen molar-refractivity contribution < 1.29 is 19.2 Å². The summed E-state index contributed by atoms with van der Waals surface area (Å²) in [4.78, 5) is 34.3. The second-order valence-corrected chi connectivity index (χ2v) is 3.03. The third kappa shape index (κ3) is 3.03. The summed E-state index contributed by atoms with van der Waals surface area (Å²) in [6.45, 7) is 1.10. The zero-order valence-corrected chi connectivity index (χ0v) is 9.06. The fraction of sp³-hybridized carbons (Fsp3) is 0.111. The first-order chi connectivity index (χ1) is 8.45. The summed E-state index contributed by atoms with van der Waals surface area (Å²) in [5.41, 5.74) is 7.41. The molecule has 0 heterocycles. The molecule has 0 aliphatic carbocycles. The zero-order valence-electron chi connectivity index (χ0n) is 9.06. The number of nitrogens with zero attached hydrogens (tertiary/aromatic N) is 4. The molecule has 0 radical (unpaired) electrons. The topological polar surface area (TPSA) is 135 Å². The molecular weight excluding hydrogens is 244 g/mol. The first-order valence-corrected chi connectivity index (χ1v) is 4.52. The fourth-order valence-corrected chi connectivity index (χ4v) is 1.14. The minimum atomic E-state index is -1.07. The molecule has 0 unspecified atom stereocenters. The third-order valence-electron chi connectivity index (χ3n) is 1.79. The van der Waals surface area contributed by atoms with Gasteiger partial charge in [0.25, 0.3) is 11.6 Å². The molecule has 0 atom stereocenters. The number of non-ortho nitro benzene ring substituents is 1. The van der Waals surface area contributed by atoms with Crippen LogP contribution in [0.25, 0.3) is 10.4 Å². The lowest BCUT2D eigenvalue weighted by atomic mass is 10.1. The van der Waals surface area contributed by atoms with E-state index in [1.165, 1.54) is 0 Å². The second kappa shape index (κ2) is 5.41. The van der Waals surface area contributed by atoms with Crippen molar-refractivity contribution in [1.29, 1.82) is 0 Å². The van der Waals surface area contributed by atoms with Crippen molar-refractivity contribution in [2.24, 2.45) is 5.11 Å². The minimum Gasteiger partial charge on any atom is -0.426 e. The maximum Gasteiger partial charge on any atom is 0.308 e. The summed E-state index contributed by atoms with van der Waals surface area (Å²) in [6.07, 6.45) is 0. The summed E-state index contributed by atoms with van der Waals surface area (Å²) in [7, 11) is 0. The Hall–Kier alpha value is -2.93. The number of amides is 1. The second-order valence-electron chi connectivity index (χ2n) is 3.03. The van der Waals surface area contributed by atoms with Gasteiger partial charge in [-0.15, -0.1) is 0 Å². The molecule has 1 rings (SSSR count). The quantitative estimate of drug-likeness (QED) is 0.153. The minimum absolute atomic E-state index is 0.203. The van der Waals surface area contributed by atoms with Gasteiger partial charge in [-0.1, -0.05) is 0 Å². The van der Waals surface area contributed by atoms with E-state index in [-0.39, 0.29) is 17.0 Å². The average Bonchev–Trinajstić information content (AvgIpc) is 2.28. The largest absolute Gasteiger partial charge is 0.426 e. The molecule has 92 valence electrons. The molecule has 0 N–H and O–H groups in total. The van der Waals surface area contributed by atoms with Gasteiger partial charge in [-0.25, -0.2) is 0 Å². The average molecular weight is 250 g/mol. The van der Waals surface area contributed by atoms with Crippen molar-refractivity contribution in [1.82, 2.24) is 0 Å². The highest BCUT2D eigenvalue weighted by Gasteiger charge is 2.17.